The van der Waals surface area contributed by atoms with Crippen molar-refractivity contribution in [1.29, 1.82) is 0 Å². The molecule has 20 heavy (non-hydrogen) atoms. The van der Waals surface area contributed by atoms with Crippen molar-refractivity contribution in [1.82, 2.24) is 9.80 Å². The molecule has 2 heterocycles. The van der Waals surface area contributed by atoms with Crippen LogP contribution in [0.15, 0.2) is 24.3 Å². The summed E-state index contributed by atoms with van der Waals surface area (Å²) in [5.74, 6) is -0.395. The van der Waals surface area contributed by atoms with E-state index in [4.69, 9.17) is 5.73 Å². The molecule has 2 N–H and O–H groups in total. The topological polar surface area (TPSA) is 66.6 Å². The first kappa shape index (κ1) is 13.3. The first-order valence-electron chi connectivity index (χ1n) is 7.04. The van der Waals surface area contributed by atoms with E-state index < -0.39 is 0 Å². The third-order valence-electron chi connectivity index (χ3n) is 4.38. The van der Waals surface area contributed by atoms with Crippen molar-refractivity contribution in [3.63, 3.8) is 0 Å². The Morgan fingerprint density at radius 1 is 1.20 bits per heavy atom. The Kier molecular flexibility index (Phi) is 3.31. The van der Waals surface area contributed by atoms with E-state index in [9.17, 15) is 9.59 Å². The summed E-state index contributed by atoms with van der Waals surface area (Å²) >= 11 is 0. The number of likely N-dealkylation sites (tertiary alicyclic amines) is 1. The standard InChI is InChI=1S/C15H19N3O2/c1-10-13(16)7-4-8-17(10)9-18-14(19)11-5-2-3-6-12(11)15(18)20/h2-3,5-6,10,13H,4,7-9,16H2,1H3/t10-,13-/m1/s1. The van der Waals surface area contributed by atoms with Crippen LogP contribution in [0.4, 0.5) is 0 Å². The van der Waals surface area contributed by atoms with E-state index in [1.54, 1.807) is 24.3 Å². The molecule has 0 radical (unpaired) electrons. The number of nitrogens with two attached hydrogens (primary N) is 1. The molecule has 0 saturated carbocycles. The molecule has 0 unspecified atom stereocenters. The summed E-state index contributed by atoms with van der Waals surface area (Å²) in [6.07, 6.45) is 2.01. The molecule has 5 nitrogen and oxygen atoms in total. The Hall–Kier alpha value is -1.72. The normalized spacial score (nSPS) is 27.0. The summed E-state index contributed by atoms with van der Waals surface area (Å²) in [5, 5.41) is 0. The minimum atomic E-state index is -0.197. The van der Waals surface area contributed by atoms with Crippen molar-refractivity contribution in [3.8, 4) is 0 Å². The summed E-state index contributed by atoms with van der Waals surface area (Å²) in [7, 11) is 0. The highest BCUT2D eigenvalue weighted by Gasteiger charge is 2.37. The van der Waals surface area contributed by atoms with Crippen molar-refractivity contribution < 1.29 is 9.59 Å². The number of hydrogen-bond acceptors (Lipinski definition) is 4. The maximum absolute atomic E-state index is 12.3. The molecule has 2 atom stereocenters. The molecule has 1 fully saturated rings. The molecule has 0 bridgehead atoms. The number of carbonyl (C=O) groups is 2. The molecule has 2 aliphatic rings. The molecule has 5 heteroatoms. The number of nitrogens with zero attached hydrogens (tertiary/aromatic N) is 2. The zero-order valence-electron chi connectivity index (χ0n) is 11.6. The van der Waals surface area contributed by atoms with Crippen molar-refractivity contribution in [2.24, 2.45) is 5.73 Å². The quantitative estimate of drug-likeness (QED) is 0.818. The predicted molar refractivity (Wildman–Crippen MR) is 75.2 cm³/mol. The van der Waals surface area contributed by atoms with Gasteiger partial charge in [-0.2, -0.15) is 0 Å². The zero-order chi connectivity index (χ0) is 14.3. The lowest BCUT2D eigenvalue weighted by Crippen LogP contribution is -2.54. The number of amides is 2. The van der Waals surface area contributed by atoms with Crippen LogP contribution < -0.4 is 5.73 Å². The Labute approximate surface area is 118 Å². The van der Waals surface area contributed by atoms with Crippen LogP contribution in [-0.4, -0.2) is 46.9 Å². The van der Waals surface area contributed by atoms with Crippen LogP contribution >= 0.6 is 0 Å². The molecule has 0 aromatic heterocycles. The molecule has 0 spiro atoms. The molecule has 106 valence electrons. The Morgan fingerprint density at radius 3 is 2.40 bits per heavy atom. The highest BCUT2D eigenvalue weighted by atomic mass is 16.2. The number of carbonyl (C=O) groups excluding carboxylic acids is 2. The lowest BCUT2D eigenvalue weighted by atomic mass is 9.99. The highest BCUT2D eigenvalue weighted by Crippen LogP contribution is 2.24. The van der Waals surface area contributed by atoms with Crippen LogP contribution in [0.1, 0.15) is 40.5 Å². The SMILES string of the molecule is C[C@@H]1[C@H](N)CCCN1CN1C(=O)c2ccccc2C1=O. The smallest absolute Gasteiger partial charge is 0.262 e. The van der Waals surface area contributed by atoms with Gasteiger partial charge in [0.25, 0.3) is 11.8 Å². The summed E-state index contributed by atoms with van der Waals surface area (Å²) in [6.45, 7) is 3.27. The second-order valence-electron chi connectivity index (χ2n) is 5.58. The van der Waals surface area contributed by atoms with Crippen LogP contribution in [0.2, 0.25) is 0 Å². The molecular weight excluding hydrogens is 254 g/mol. The Bertz CT molecular complexity index is 523. The van der Waals surface area contributed by atoms with E-state index in [0.29, 0.717) is 17.8 Å². The van der Waals surface area contributed by atoms with Crippen LogP contribution in [0, 0.1) is 0 Å². The molecule has 1 aromatic rings. The predicted octanol–water partition coefficient (Wildman–Crippen LogP) is 1.05. The molecular formula is C15H19N3O2. The van der Waals surface area contributed by atoms with Gasteiger partial charge in [0.2, 0.25) is 0 Å². The summed E-state index contributed by atoms with van der Waals surface area (Å²) in [6, 6.07) is 7.29. The average Bonchev–Trinajstić information content (AvgIpc) is 2.69. The fraction of sp³-hybridized carbons (Fsp3) is 0.467. The maximum Gasteiger partial charge on any atom is 0.262 e. The molecule has 2 aliphatic heterocycles. The maximum atomic E-state index is 12.3. The molecule has 0 aliphatic carbocycles. The first-order chi connectivity index (χ1) is 9.59. The Morgan fingerprint density at radius 2 is 1.80 bits per heavy atom. The number of rotatable bonds is 2. The van der Waals surface area contributed by atoms with Crippen LogP contribution in [0.5, 0.6) is 0 Å². The lowest BCUT2D eigenvalue weighted by molar-refractivity contribution is 0.0415. The highest BCUT2D eigenvalue weighted by molar-refractivity contribution is 6.21. The van der Waals surface area contributed by atoms with E-state index in [1.165, 1.54) is 4.90 Å². The summed E-state index contributed by atoms with van der Waals surface area (Å²) in [5.41, 5.74) is 7.08. The number of imide groups is 1. The van der Waals surface area contributed by atoms with Crippen LogP contribution in [-0.2, 0) is 0 Å². The van der Waals surface area contributed by atoms with Gasteiger partial charge in [-0.3, -0.25) is 19.4 Å². The van der Waals surface area contributed by atoms with Gasteiger partial charge in [-0.1, -0.05) is 12.1 Å². The van der Waals surface area contributed by atoms with E-state index in [0.717, 1.165) is 19.4 Å². The van der Waals surface area contributed by atoms with Gasteiger partial charge < -0.3 is 5.73 Å². The van der Waals surface area contributed by atoms with Crippen LogP contribution in [0.25, 0.3) is 0 Å². The zero-order valence-corrected chi connectivity index (χ0v) is 11.6. The number of hydrogen-bond donors (Lipinski definition) is 1. The number of benzene rings is 1. The van der Waals surface area contributed by atoms with E-state index in [1.807, 2.05) is 0 Å². The lowest BCUT2D eigenvalue weighted by Gasteiger charge is -2.39. The average molecular weight is 273 g/mol. The van der Waals surface area contributed by atoms with E-state index in [-0.39, 0.29) is 23.9 Å². The molecule has 2 amide bonds. The van der Waals surface area contributed by atoms with Gasteiger partial charge in [0.05, 0.1) is 17.8 Å². The largest absolute Gasteiger partial charge is 0.326 e. The third-order valence-corrected chi connectivity index (χ3v) is 4.38. The van der Waals surface area contributed by atoms with Crippen molar-refractivity contribution >= 4 is 11.8 Å². The van der Waals surface area contributed by atoms with Gasteiger partial charge in [0.15, 0.2) is 0 Å². The fourth-order valence-corrected chi connectivity index (χ4v) is 2.99. The first-order valence-corrected chi connectivity index (χ1v) is 7.04. The van der Waals surface area contributed by atoms with Gasteiger partial charge >= 0.3 is 0 Å². The number of fused-ring (bicyclic) bond motifs is 1. The molecule has 1 saturated heterocycles. The second-order valence-corrected chi connectivity index (χ2v) is 5.58. The van der Waals surface area contributed by atoms with E-state index >= 15 is 0 Å². The van der Waals surface area contributed by atoms with Gasteiger partial charge in [0, 0.05) is 18.6 Å². The van der Waals surface area contributed by atoms with Crippen molar-refractivity contribution in [2.45, 2.75) is 31.8 Å². The minimum absolute atomic E-state index is 0.110. The molecule has 1 aromatic carbocycles. The summed E-state index contributed by atoms with van der Waals surface area (Å²) in [4.78, 5) is 28.1. The van der Waals surface area contributed by atoms with Crippen molar-refractivity contribution in [3.05, 3.63) is 35.4 Å². The van der Waals surface area contributed by atoms with E-state index in [2.05, 4.69) is 11.8 Å². The van der Waals surface area contributed by atoms with Gasteiger partial charge in [-0.15, -0.1) is 0 Å². The molecule has 3 rings (SSSR count). The van der Waals surface area contributed by atoms with Gasteiger partial charge in [0.1, 0.15) is 0 Å². The van der Waals surface area contributed by atoms with Crippen LogP contribution in [0.3, 0.4) is 0 Å². The van der Waals surface area contributed by atoms with Gasteiger partial charge in [-0.05, 0) is 31.9 Å². The fourth-order valence-electron chi connectivity index (χ4n) is 2.99. The second kappa shape index (κ2) is 5.00. The number of piperidine rings is 1. The minimum Gasteiger partial charge on any atom is -0.326 e. The third kappa shape index (κ3) is 2.03. The summed E-state index contributed by atoms with van der Waals surface area (Å²) < 4.78 is 0. The monoisotopic (exact) mass is 273 g/mol. The Balaban J connectivity index is 1.80. The van der Waals surface area contributed by atoms with Gasteiger partial charge in [-0.25, -0.2) is 0 Å². The van der Waals surface area contributed by atoms with Crippen molar-refractivity contribution in [2.75, 3.05) is 13.2 Å².